The molecule has 1 aromatic rings. The van der Waals surface area contributed by atoms with Crippen molar-refractivity contribution in [3.63, 3.8) is 0 Å². The molecular formula is C16H21NaO6. The second kappa shape index (κ2) is 10.4. The third-order valence-electron chi connectivity index (χ3n) is 3.62. The van der Waals surface area contributed by atoms with Crippen LogP contribution in [0.25, 0.3) is 0 Å². The molecule has 0 aromatic heterocycles. The average molecular weight is 332 g/mol. The number of carboxylic acid groups (broad SMARTS) is 3. The molecule has 1 rings (SSSR count). The molecule has 0 aliphatic heterocycles. The number of aliphatic carboxylic acids is 3. The standard InChI is InChI=1S/C16H20O6.Na.H/c1-10(15(19)20)12-7-5-11(6-8-12)9-13(16(21)22)3-2-4-14(17)18;;/h5-8,10,13H,2-4,9H2,1H3,(H,17,18)(H,19,20)(H,21,22);;/q;+1;-1. The Labute approximate surface area is 158 Å². The first kappa shape index (κ1) is 21.6. The molecule has 7 heteroatoms. The van der Waals surface area contributed by atoms with Gasteiger partial charge >= 0.3 is 47.5 Å². The van der Waals surface area contributed by atoms with Crippen molar-refractivity contribution in [2.75, 3.05) is 0 Å². The van der Waals surface area contributed by atoms with Crippen molar-refractivity contribution < 1.29 is 60.7 Å². The fourth-order valence-corrected chi connectivity index (χ4v) is 2.18. The zero-order valence-corrected chi connectivity index (χ0v) is 15.4. The van der Waals surface area contributed by atoms with E-state index in [1.165, 1.54) is 0 Å². The van der Waals surface area contributed by atoms with Crippen molar-refractivity contribution in [1.29, 1.82) is 0 Å². The molecule has 122 valence electrons. The van der Waals surface area contributed by atoms with Gasteiger partial charge in [0.15, 0.2) is 0 Å². The van der Waals surface area contributed by atoms with E-state index in [1.807, 2.05) is 0 Å². The first-order valence-electron chi connectivity index (χ1n) is 7.07. The molecule has 0 saturated carbocycles. The number of benzene rings is 1. The third-order valence-corrected chi connectivity index (χ3v) is 3.62. The second-order valence-corrected chi connectivity index (χ2v) is 5.33. The summed E-state index contributed by atoms with van der Waals surface area (Å²) in [6, 6.07) is 6.82. The summed E-state index contributed by atoms with van der Waals surface area (Å²) in [6.07, 6.45) is 0.880. The molecule has 23 heavy (non-hydrogen) atoms. The molecule has 0 radical (unpaired) electrons. The maximum absolute atomic E-state index is 11.2. The van der Waals surface area contributed by atoms with Gasteiger partial charge in [0, 0.05) is 6.42 Å². The third kappa shape index (κ3) is 7.63. The van der Waals surface area contributed by atoms with Crippen molar-refractivity contribution in [3.05, 3.63) is 35.4 Å². The van der Waals surface area contributed by atoms with E-state index in [-0.39, 0.29) is 37.4 Å². The molecule has 0 spiro atoms. The molecule has 3 N–H and O–H groups in total. The quantitative estimate of drug-likeness (QED) is 0.525. The summed E-state index contributed by atoms with van der Waals surface area (Å²) in [5.41, 5.74) is 1.46. The molecule has 0 fully saturated rings. The summed E-state index contributed by atoms with van der Waals surface area (Å²) in [7, 11) is 0. The topological polar surface area (TPSA) is 112 Å². The molecule has 0 heterocycles. The Balaban J connectivity index is 0. The number of hydrogen-bond donors (Lipinski definition) is 3. The predicted octanol–water partition coefficient (Wildman–Crippen LogP) is -0.511. The van der Waals surface area contributed by atoms with Crippen molar-refractivity contribution in [3.8, 4) is 0 Å². The fourth-order valence-electron chi connectivity index (χ4n) is 2.18. The molecule has 0 aliphatic carbocycles. The summed E-state index contributed by atoms with van der Waals surface area (Å²) in [5.74, 6) is -4.05. The molecule has 2 unspecified atom stereocenters. The Kier molecular flexibility index (Phi) is 9.79. The van der Waals surface area contributed by atoms with E-state index >= 15 is 0 Å². The van der Waals surface area contributed by atoms with E-state index in [4.69, 9.17) is 10.2 Å². The molecular weight excluding hydrogens is 311 g/mol. The van der Waals surface area contributed by atoms with Gasteiger partial charge in [0.1, 0.15) is 0 Å². The zero-order chi connectivity index (χ0) is 16.7. The van der Waals surface area contributed by atoms with Crippen LogP contribution in [0.3, 0.4) is 0 Å². The first-order chi connectivity index (χ1) is 10.3. The minimum atomic E-state index is -0.951. The van der Waals surface area contributed by atoms with Crippen molar-refractivity contribution >= 4 is 17.9 Å². The molecule has 0 aliphatic rings. The van der Waals surface area contributed by atoms with Gasteiger partial charge in [0.2, 0.25) is 0 Å². The molecule has 6 nitrogen and oxygen atoms in total. The normalized spacial score (nSPS) is 12.7. The molecule has 0 saturated heterocycles. The fraction of sp³-hybridized carbons (Fsp3) is 0.438. The van der Waals surface area contributed by atoms with Crippen LogP contribution in [0.15, 0.2) is 24.3 Å². The van der Waals surface area contributed by atoms with E-state index in [1.54, 1.807) is 31.2 Å². The average Bonchev–Trinajstić information content (AvgIpc) is 2.45. The van der Waals surface area contributed by atoms with Gasteiger partial charge in [0.05, 0.1) is 11.8 Å². The monoisotopic (exact) mass is 332 g/mol. The predicted molar refractivity (Wildman–Crippen MR) is 79.9 cm³/mol. The summed E-state index contributed by atoms with van der Waals surface area (Å²) in [4.78, 5) is 32.6. The number of carbonyl (C=O) groups is 3. The van der Waals surface area contributed by atoms with Crippen LogP contribution in [0.5, 0.6) is 0 Å². The first-order valence-corrected chi connectivity index (χ1v) is 7.07. The Morgan fingerprint density at radius 3 is 2.04 bits per heavy atom. The van der Waals surface area contributed by atoms with E-state index < -0.39 is 29.7 Å². The van der Waals surface area contributed by atoms with Crippen molar-refractivity contribution in [2.45, 2.75) is 38.5 Å². The number of carboxylic acids is 3. The molecule has 1 aromatic carbocycles. The summed E-state index contributed by atoms with van der Waals surface area (Å²) in [5, 5.41) is 26.7. The van der Waals surface area contributed by atoms with E-state index in [9.17, 15) is 19.5 Å². The summed E-state index contributed by atoms with van der Waals surface area (Å²) in [6.45, 7) is 1.59. The van der Waals surface area contributed by atoms with Gasteiger partial charge in [-0.15, -0.1) is 0 Å². The number of rotatable bonds is 9. The Bertz CT molecular complexity index is 546. The van der Waals surface area contributed by atoms with Gasteiger partial charge in [-0.05, 0) is 37.3 Å². The maximum Gasteiger partial charge on any atom is 1.00 e. The number of hydrogen-bond acceptors (Lipinski definition) is 3. The maximum atomic E-state index is 11.2. The Morgan fingerprint density at radius 2 is 1.61 bits per heavy atom. The van der Waals surface area contributed by atoms with Crippen molar-refractivity contribution in [1.82, 2.24) is 0 Å². The summed E-state index contributed by atoms with van der Waals surface area (Å²) < 4.78 is 0. The SMILES string of the molecule is CC(C(=O)O)c1ccc(CC(CCCC(=O)O)C(=O)O)cc1.[H-].[Na+]. The van der Waals surface area contributed by atoms with E-state index in [2.05, 4.69) is 0 Å². The van der Waals surface area contributed by atoms with E-state index in [0.29, 0.717) is 24.8 Å². The van der Waals surface area contributed by atoms with Crippen LogP contribution in [0, 0.1) is 5.92 Å². The van der Waals surface area contributed by atoms with Crippen LogP contribution < -0.4 is 29.6 Å². The van der Waals surface area contributed by atoms with E-state index in [0.717, 1.165) is 5.56 Å². The minimum absolute atomic E-state index is 0. The second-order valence-electron chi connectivity index (χ2n) is 5.33. The zero-order valence-electron chi connectivity index (χ0n) is 14.4. The van der Waals surface area contributed by atoms with Gasteiger partial charge in [-0.2, -0.15) is 0 Å². The van der Waals surface area contributed by atoms with Crippen LogP contribution in [0.4, 0.5) is 0 Å². The smallest absolute Gasteiger partial charge is 1.00 e. The van der Waals surface area contributed by atoms with Gasteiger partial charge < -0.3 is 16.7 Å². The van der Waals surface area contributed by atoms with Crippen LogP contribution in [0.2, 0.25) is 0 Å². The van der Waals surface area contributed by atoms with Crippen LogP contribution in [-0.2, 0) is 20.8 Å². The molecule has 0 amide bonds. The van der Waals surface area contributed by atoms with Gasteiger partial charge in [-0.3, -0.25) is 14.4 Å². The summed E-state index contributed by atoms with van der Waals surface area (Å²) >= 11 is 0. The Morgan fingerprint density at radius 1 is 1.04 bits per heavy atom. The van der Waals surface area contributed by atoms with Gasteiger partial charge in [0.25, 0.3) is 0 Å². The largest absolute Gasteiger partial charge is 1.00 e. The minimum Gasteiger partial charge on any atom is -1.00 e. The van der Waals surface area contributed by atoms with Crippen LogP contribution in [-0.4, -0.2) is 33.2 Å². The van der Waals surface area contributed by atoms with Gasteiger partial charge in [-0.1, -0.05) is 24.3 Å². The van der Waals surface area contributed by atoms with Crippen molar-refractivity contribution in [2.24, 2.45) is 5.92 Å². The molecule has 2 atom stereocenters. The molecule has 0 bridgehead atoms. The van der Waals surface area contributed by atoms with Crippen LogP contribution >= 0.6 is 0 Å². The Hall–Kier alpha value is -1.37. The van der Waals surface area contributed by atoms with Crippen LogP contribution in [0.1, 0.15) is 44.7 Å². The van der Waals surface area contributed by atoms with Gasteiger partial charge in [-0.25, -0.2) is 0 Å².